The lowest BCUT2D eigenvalue weighted by atomic mass is 10.1. The second kappa shape index (κ2) is 10.3. The first-order chi connectivity index (χ1) is 16.3. The van der Waals surface area contributed by atoms with Gasteiger partial charge in [-0.25, -0.2) is 9.78 Å². The van der Waals surface area contributed by atoms with Gasteiger partial charge in [-0.2, -0.15) is 13.2 Å². The molecule has 0 unspecified atom stereocenters. The largest absolute Gasteiger partial charge is 0.446 e. The van der Waals surface area contributed by atoms with Gasteiger partial charge >= 0.3 is 12.3 Å². The second-order valence-electron chi connectivity index (χ2n) is 8.72. The van der Waals surface area contributed by atoms with E-state index in [1.807, 2.05) is 0 Å². The lowest BCUT2D eigenvalue weighted by Crippen LogP contribution is -2.41. The summed E-state index contributed by atoms with van der Waals surface area (Å²) < 4.78 is 46.6. The number of ether oxygens (including phenoxy) is 1. The van der Waals surface area contributed by atoms with Crippen molar-refractivity contribution in [1.29, 1.82) is 0 Å². The van der Waals surface area contributed by atoms with Crippen molar-refractivity contribution in [3.63, 3.8) is 0 Å². The van der Waals surface area contributed by atoms with Gasteiger partial charge < -0.3 is 25.4 Å². The summed E-state index contributed by atoms with van der Waals surface area (Å²) in [6.45, 7) is 5.35. The molecule has 0 bridgehead atoms. The summed E-state index contributed by atoms with van der Waals surface area (Å²) in [4.78, 5) is 30.4. The lowest BCUT2D eigenvalue weighted by molar-refractivity contribution is -0.136. The Kier molecular flexibility index (Phi) is 7.81. The molecular weight excluding hydrogens is 485 g/mol. The van der Waals surface area contributed by atoms with Crippen molar-refractivity contribution in [3.8, 4) is 11.8 Å². The van der Waals surface area contributed by atoms with Crippen molar-refractivity contribution in [1.82, 2.24) is 15.6 Å². The van der Waals surface area contributed by atoms with Crippen LogP contribution in [0.5, 0.6) is 0 Å². The fourth-order valence-electron chi connectivity index (χ4n) is 3.55. The zero-order valence-electron chi connectivity index (χ0n) is 19.7. The summed E-state index contributed by atoms with van der Waals surface area (Å²) in [5, 5.41) is 16.0. The van der Waals surface area contributed by atoms with Crippen LogP contribution in [0.1, 0.15) is 49.5 Å². The molecule has 35 heavy (non-hydrogen) atoms. The first-order valence-electron chi connectivity index (χ1n) is 11.0. The van der Waals surface area contributed by atoms with Gasteiger partial charge in [-0.1, -0.05) is 11.8 Å². The highest BCUT2D eigenvalue weighted by molar-refractivity contribution is 7.17. The summed E-state index contributed by atoms with van der Waals surface area (Å²) in [6, 6.07) is 0.467. The maximum Gasteiger partial charge on any atom is 0.417 e. The number of pyridine rings is 1. The van der Waals surface area contributed by atoms with Gasteiger partial charge in [0.15, 0.2) is 0 Å². The molecule has 12 heteroatoms. The van der Waals surface area contributed by atoms with Crippen molar-refractivity contribution in [2.24, 2.45) is 0 Å². The SMILES string of the molecule is CNC(=O)c1csc2c(C(F)(F)F)cc(N3CCC(OC(=O)N[C@@H](C)C#CC(C)(C)O)CC3)nc12. The Balaban J connectivity index is 1.70. The summed E-state index contributed by atoms with van der Waals surface area (Å²) in [7, 11) is 1.40. The molecule has 3 N–H and O–H groups in total. The standard InChI is InChI=1S/C23H27F3N4O4S/c1-13(5-8-22(2,3)33)28-21(32)34-14-6-9-30(10-7-14)17-11-16(23(24,25)26)19-18(29-17)15(12-35-19)20(31)27-4/h11-14,33H,6-7,9-10H2,1-4H3,(H,27,31)(H,28,32)/t13-/m0/s1. The Hall–Kier alpha value is -3.04. The van der Waals surface area contributed by atoms with Gasteiger partial charge in [-0.3, -0.25) is 4.79 Å². The lowest BCUT2D eigenvalue weighted by Gasteiger charge is -2.33. The molecule has 8 nitrogen and oxygen atoms in total. The molecule has 1 aliphatic rings. The quantitative estimate of drug-likeness (QED) is 0.542. The summed E-state index contributed by atoms with van der Waals surface area (Å²) in [6.07, 6.45) is -4.90. The maximum absolute atomic E-state index is 13.8. The number of carbonyl (C=O) groups excluding carboxylic acids is 2. The van der Waals surface area contributed by atoms with Gasteiger partial charge in [0.05, 0.1) is 27.4 Å². The summed E-state index contributed by atoms with van der Waals surface area (Å²) in [5.74, 6) is 4.94. The number of piperidine rings is 1. The molecule has 1 aliphatic heterocycles. The Bertz CT molecular complexity index is 1160. The molecule has 0 aliphatic carbocycles. The van der Waals surface area contributed by atoms with Crippen LogP contribution in [0.25, 0.3) is 10.2 Å². The number of carbonyl (C=O) groups is 2. The number of hydrogen-bond donors (Lipinski definition) is 3. The van der Waals surface area contributed by atoms with E-state index in [0.29, 0.717) is 25.9 Å². The molecule has 3 heterocycles. The maximum atomic E-state index is 13.8. The van der Waals surface area contributed by atoms with E-state index in [9.17, 15) is 27.9 Å². The van der Waals surface area contributed by atoms with Gasteiger partial charge in [-0.15, -0.1) is 11.3 Å². The number of hydrogen-bond acceptors (Lipinski definition) is 7. The second-order valence-corrected chi connectivity index (χ2v) is 9.60. The van der Waals surface area contributed by atoms with E-state index in [2.05, 4.69) is 27.5 Å². The first-order valence-corrected chi connectivity index (χ1v) is 11.8. The number of anilines is 1. The summed E-state index contributed by atoms with van der Waals surface area (Å²) in [5.41, 5.74) is -1.91. The predicted molar refractivity (Wildman–Crippen MR) is 126 cm³/mol. The highest BCUT2D eigenvalue weighted by Crippen LogP contribution is 2.40. The zero-order chi connectivity index (χ0) is 26.0. The monoisotopic (exact) mass is 512 g/mol. The number of alkyl carbamates (subject to hydrolysis) is 1. The van der Waals surface area contributed by atoms with Gasteiger partial charge in [0.1, 0.15) is 17.5 Å². The van der Waals surface area contributed by atoms with E-state index >= 15 is 0 Å². The van der Waals surface area contributed by atoms with Gasteiger partial charge in [0.2, 0.25) is 0 Å². The molecule has 3 rings (SSSR count). The third kappa shape index (κ3) is 6.76. The number of aliphatic hydroxyl groups is 1. The Morgan fingerprint density at radius 1 is 1.31 bits per heavy atom. The first kappa shape index (κ1) is 26.6. The van der Waals surface area contributed by atoms with Gasteiger partial charge in [0.25, 0.3) is 5.91 Å². The predicted octanol–water partition coefficient (Wildman–Crippen LogP) is 3.53. The van der Waals surface area contributed by atoms with Crippen LogP contribution in [0.2, 0.25) is 0 Å². The van der Waals surface area contributed by atoms with E-state index in [0.717, 1.165) is 17.4 Å². The molecule has 0 aromatic carbocycles. The topological polar surface area (TPSA) is 104 Å². The molecular formula is C23H27F3N4O4S. The van der Waals surface area contributed by atoms with Crippen LogP contribution in [0.15, 0.2) is 11.4 Å². The van der Waals surface area contributed by atoms with Gasteiger partial charge in [0, 0.05) is 38.4 Å². The van der Waals surface area contributed by atoms with Crippen molar-refractivity contribution >= 4 is 39.4 Å². The van der Waals surface area contributed by atoms with Crippen LogP contribution in [-0.2, 0) is 10.9 Å². The van der Waals surface area contributed by atoms with E-state index < -0.39 is 41.5 Å². The molecule has 2 aromatic rings. The Labute approximate surface area is 204 Å². The van der Waals surface area contributed by atoms with Crippen LogP contribution in [0.3, 0.4) is 0 Å². The third-order valence-electron chi connectivity index (χ3n) is 5.25. The van der Waals surface area contributed by atoms with Crippen LogP contribution >= 0.6 is 11.3 Å². The number of rotatable bonds is 4. The third-order valence-corrected chi connectivity index (χ3v) is 6.26. The van der Waals surface area contributed by atoms with Gasteiger partial charge in [-0.05, 0) is 26.8 Å². The zero-order valence-corrected chi connectivity index (χ0v) is 20.6. The Morgan fingerprint density at radius 3 is 2.54 bits per heavy atom. The van der Waals surface area contributed by atoms with Crippen LogP contribution in [0.4, 0.5) is 23.8 Å². The molecule has 2 amide bonds. The average molecular weight is 513 g/mol. The number of thiophene rings is 1. The Morgan fingerprint density at radius 2 is 1.97 bits per heavy atom. The number of halogens is 3. The van der Waals surface area contributed by atoms with E-state index in [1.54, 1.807) is 11.8 Å². The normalized spacial score (nSPS) is 15.8. The number of nitrogens with one attached hydrogen (secondary N) is 2. The van der Waals surface area contributed by atoms with Crippen LogP contribution in [0, 0.1) is 11.8 Å². The number of fused-ring (bicyclic) bond motifs is 1. The number of amides is 2. The molecule has 0 radical (unpaired) electrons. The number of aromatic nitrogens is 1. The van der Waals surface area contributed by atoms with Crippen molar-refractivity contribution < 1.29 is 32.6 Å². The van der Waals surface area contributed by atoms with E-state index in [4.69, 9.17) is 4.74 Å². The van der Waals surface area contributed by atoms with Crippen LogP contribution in [-0.4, -0.2) is 60.0 Å². The highest BCUT2D eigenvalue weighted by atomic mass is 32.1. The van der Waals surface area contributed by atoms with Crippen molar-refractivity contribution in [2.45, 2.75) is 57.5 Å². The van der Waals surface area contributed by atoms with Crippen LogP contribution < -0.4 is 15.5 Å². The van der Waals surface area contributed by atoms with Crippen molar-refractivity contribution in [2.75, 3.05) is 25.0 Å². The molecule has 1 atom stereocenters. The molecule has 0 saturated carbocycles. The minimum absolute atomic E-state index is 0.0121. The van der Waals surface area contributed by atoms with E-state index in [-0.39, 0.29) is 21.6 Å². The highest BCUT2D eigenvalue weighted by Gasteiger charge is 2.36. The molecule has 1 fully saturated rings. The van der Waals surface area contributed by atoms with Crippen molar-refractivity contribution in [3.05, 3.63) is 22.6 Å². The minimum atomic E-state index is -4.61. The number of alkyl halides is 3. The fraction of sp³-hybridized carbons (Fsp3) is 0.522. The summed E-state index contributed by atoms with van der Waals surface area (Å²) >= 11 is 0.833. The molecule has 1 saturated heterocycles. The molecule has 0 spiro atoms. The smallest absolute Gasteiger partial charge is 0.417 e. The minimum Gasteiger partial charge on any atom is -0.446 e. The average Bonchev–Trinajstić information content (AvgIpc) is 3.19. The molecule has 2 aromatic heterocycles. The number of nitrogens with zero attached hydrogens (tertiary/aromatic N) is 2. The molecule has 190 valence electrons. The van der Waals surface area contributed by atoms with E-state index in [1.165, 1.54) is 26.3 Å². The fourth-order valence-corrected chi connectivity index (χ4v) is 4.57.